The van der Waals surface area contributed by atoms with Crippen molar-refractivity contribution in [2.45, 2.75) is 56.2 Å². The molecule has 0 radical (unpaired) electrons. The SMILES string of the molecule is O=C(O)C[C@H]1CCCCN1C(=O)[C@@H]1OCC[C@@H]1NC(=O)OCC1c2ccccc2-c2ccccc21. The number of nitrogens with zero attached hydrogens (tertiary/aromatic N) is 1. The number of fused-ring (bicyclic) bond motifs is 3. The number of carboxylic acid groups (broad SMARTS) is 1. The van der Waals surface area contributed by atoms with E-state index >= 15 is 0 Å². The summed E-state index contributed by atoms with van der Waals surface area (Å²) in [5, 5.41) is 12.1. The zero-order chi connectivity index (χ0) is 24.4. The number of hydrogen-bond donors (Lipinski definition) is 2. The molecular weight excluding hydrogens is 448 g/mol. The lowest BCUT2D eigenvalue weighted by atomic mass is 9.97. The molecule has 2 aliphatic heterocycles. The summed E-state index contributed by atoms with van der Waals surface area (Å²) in [5.41, 5.74) is 4.58. The van der Waals surface area contributed by atoms with Gasteiger partial charge in [-0.15, -0.1) is 0 Å². The number of rotatable bonds is 6. The molecule has 3 atom stereocenters. The van der Waals surface area contributed by atoms with Gasteiger partial charge >= 0.3 is 12.1 Å². The zero-order valence-electron chi connectivity index (χ0n) is 19.5. The fraction of sp³-hybridized carbons (Fsp3) is 0.444. The van der Waals surface area contributed by atoms with Crippen molar-refractivity contribution in [3.8, 4) is 11.1 Å². The van der Waals surface area contributed by atoms with E-state index in [0.717, 1.165) is 35.1 Å². The van der Waals surface area contributed by atoms with Gasteiger partial charge in [0.1, 0.15) is 6.61 Å². The molecule has 2 saturated heterocycles. The second kappa shape index (κ2) is 10.1. The Bertz CT molecular complexity index is 1070. The van der Waals surface area contributed by atoms with Crippen LogP contribution in [-0.4, -0.2) is 65.9 Å². The highest BCUT2D eigenvalue weighted by molar-refractivity contribution is 5.84. The summed E-state index contributed by atoms with van der Waals surface area (Å²) in [7, 11) is 0. The number of carbonyl (C=O) groups is 3. The Kier molecular flexibility index (Phi) is 6.72. The van der Waals surface area contributed by atoms with Crippen molar-refractivity contribution >= 4 is 18.0 Å². The van der Waals surface area contributed by atoms with Crippen LogP contribution in [-0.2, 0) is 19.1 Å². The number of alkyl carbamates (subject to hydrolysis) is 1. The van der Waals surface area contributed by atoms with Crippen LogP contribution in [0.1, 0.15) is 49.1 Å². The van der Waals surface area contributed by atoms with Crippen LogP contribution in [0.5, 0.6) is 0 Å². The third-order valence-electron chi connectivity index (χ3n) is 7.30. The number of carbonyl (C=O) groups excluding carboxylic acids is 2. The molecule has 0 aromatic heterocycles. The highest BCUT2D eigenvalue weighted by atomic mass is 16.6. The minimum atomic E-state index is -0.921. The van der Waals surface area contributed by atoms with Gasteiger partial charge in [0.05, 0.1) is 12.5 Å². The van der Waals surface area contributed by atoms with E-state index in [2.05, 4.69) is 29.6 Å². The number of benzene rings is 2. The van der Waals surface area contributed by atoms with Crippen LogP contribution in [0.15, 0.2) is 48.5 Å². The summed E-state index contributed by atoms with van der Waals surface area (Å²) in [6.07, 6.45) is 1.40. The molecule has 2 aromatic rings. The Morgan fingerprint density at radius 3 is 2.37 bits per heavy atom. The molecule has 8 nitrogen and oxygen atoms in total. The first-order valence-corrected chi connectivity index (χ1v) is 12.3. The van der Waals surface area contributed by atoms with Gasteiger partial charge < -0.3 is 24.8 Å². The summed E-state index contributed by atoms with van der Waals surface area (Å²) >= 11 is 0. The number of hydrogen-bond acceptors (Lipinski definition) is 5. The molecule has 5 rings (SSSR count). The Labute approximate surface area is 204 Å². The Hall–Kier alpha value is -3.39. The van der Waals surface area contributed by atoms with Crippen LogP contribution in [0.4, 0.5) is 4.79 Å². The van der Waals surface area contributed by atoms with Crippen LogP contribution >= 0.6 is 0 Å². The lowest BCUT2D eigenvalue weighted by Crippen LogP contribution is -2.54. The van der Waals surface area contributed by atoms with Crippen molar-refractivity contribution in [2.24, 2.45) is 0 Å². The second-order valence-electron chi connectivity index (χ2n) is 9.44. The van der Waals surface area contributed by atoms with Gasteiger partial charge in [0.2, 0.25) is 0 Å². The van der Waals surface area contributed by atoms with E-state index in [1.165, 1.54) is 0 Å². The monoisotopic (exact) mass is 478 g/mol. The van der Waals surface area contributed by atoms with E-state index in [1.54, 1.807) is 4.90 Å². The molecule has 2 fully saturated rings. The molecule has 0 saturated carbocycles. The molecule has 184 valence electrons. The predicted octanol–water partition coefficient (Wildman–Crippen LogP) is 3.54. The van der Waals surface area contributed by atoms with Gasteiger partial charge in [0, 0.05) is 25.1 Å². The van der Waals surface area contributed by atoms with Crippen LogP contribution in [0.3, 0.4) is 0 Å². The van der Waals surface area contributed by atoms with Crippen molar-refractivity contribution in [3.63, 3.8) is 0 Å². The molecule has 3 aliphatic rings. The summed E-state index contributed by atoms with van der Waals surface area (Å²) in [6.45, 7) is 1.05. The molecule has 2 aromatic carbocycles. The lowest BCUT2D eigenvalue weighted by Gasteiger charge is -2.37. The van der Waals surface area contributed by atoms with E-state index in [9.17, 15) is 19.5 Å². The third-order valence-corrected chi connectivity index (χ3v) is 7.30. The number of nitrogens with one attached hydrogen (secondary N) is 1. The molecule has 1 aliphatic carbocycles. The minimum absolute atomic E-state index is 0.0458. The maximum Gasteiger partial charge on any atom is 0.407 e. The largest absolute Gasteiger partial charge is 0.481 e. The Balaban J connectivity index is 1.22. The van der Waals surface area contributed by atoms with E-state index in [0.29, 0.717) is 26.0 Å². The maximum atomic E-state index is 13.2. The molecule has 2 amide bonds. The second-order valence-corrected chi connectivity index (χ2v) is 9.44. The van der Waals surface area contributed by atoms with Crippen molar-refractivity contribution < 1.29 is 29.0 Å². The molecule has 2 N–H and O–H groups in total. The van der Waals surface area contributed by atoms with Gasteiger partial charge in [-0.2, -0.15) is 0 Å². The van der Waals surface area contributed by atoms with Crippen LogP contribution in [0, 0.1) is 0 Å². The van der Waals surface area contributed by atoms with Gasteiger partial charge in [-0.3, -0.25) is 9.59 Å². The quantitative estimate of drug-likeness (QED) is 0.658. The van der Waals surface area contributed by atoms with Gasteiger partial charge in [-0.25, -0.2) is 4.79 Å². The summed E-state index contributed by atoms with van der Waals surface area (Å²) in [6, 6.07) is 15.4. The molecule has 0 spiro atoms. The standard InChI is InChI=1S/C27H30N2O6/c30-24(31)15-17-7-5-6-13-29(17)26(32)25-23(12-14-34-25)28-27(33)35-16-22-20-10-3-1-8-18(20)19-9-2-4-11-21(19)22/h1-4,8-11,17,22-23,25H,5-7,12-16H2,(H,28,33)(H,30,31)/t17-,23+,25-/m1/s1. The van der Waals surface area contributed by atoms with Crippen molar-refractivity contribution in [1.29, 1.82) is 0 Å². The highest BCUT2D eigenvalue weighted by Crippen LogP contribution is 2.44. The molecule has 2 heterocycles. The predicted molar refractivity (Wildman–Crippen MR) is 128 cm³/mol. The Morgan fingerprint density at radius 1 is 1.00 bits per heavy atom. The average Bonchev–Trinajstić information content (AvgIpc) is 3.45. The van der Waals surface area contributed by atoms with Gasteiger partial charge in [-0.05, 0) is 47.9 Å². The summed E-state index contributed by atoms with van der Waals surface area (Å²) in [5.74, 6) is -1.22. The first kappa shape index (κ1) is 23.4. The van der Waals surface area contributed by atoms with Crippen LogP contribution in [0.25, 0.3) is 11.1 Å². The van der Waals surface area contributed by atoms with E-state index < -0.39 is 24.2 Å². The highest BCUT2D eigenvalue weighted by Gasteiger charge is 2.41. The first-order valence-electron chi connectivity index (χ1n) is 12.3. The number of piperidine rings is 1. The van der Waals surface area contributed by atoms with Gasteiger partial charge in [-0.1, -0.05) is 48.5 Å². The topological polar surface area (TPSA) is 105 Å². The van der Waals surface area contributed by atoms with Gasteiger partial charge in [0.15, 0.2) is 6.10 Å². The van der Waals surface area contributed by atoms with Crippen molar-refractivity contribution in [1.82, 2.24) is 10.2 Å². The van der Waals surface area contributed by atoms with Crippen LogP contribution < -0.4 is 5.32 Å². The molecule has 0 bridgehead atoms. The number of aliphatic carboxylic acids is 1. The zero-order valence-corrected chi connectivity index (χ0v) is 19.5. The van der Waals surface area contributed by atoms with Gasteiger partial charge in [0.25, 0.3) is 5.91 Å². The maximum absolute atomic E-state index is 13.2. The minimum Gasteiger partial charge on any atom is -0.481 e. The number of amides is 2. The molecule has 35 heavy (non-hydrogen) atoms. The third kappa shape index (κ3) is 4.75. The normalized spacial score (nSPS) is 23.4. The molecule has 0 unspecified atom stereocenters. The Morgan fingerprint density at radius 2 is 1.69 bits per heavy atom. The number of carboxylic acids is 1. The van der Waals surface area contributed by atoms with E-state index in [-0.39, 0.29) is 30.9 Å². The number of ether oxygens (including phenoxy) is 2. The fourth-order valence-electron chi connectivity index (χ4n) is 5.64. The summed E-state index contributed by atoms with van der Waals surface area (Å²) < 4.78 is 11.3. The van der Waals surface area contributed by atoms with Crippen molar-refractivity contribution in [2.75, 3.05) is 19.8 Å². The van der Waals surface area contributed by atoms with E-state index in [1.807, 2.05) is 24.3 Å². The van der Waals surface area contributed by atoms with Crippen LogP contribution in [0.2, 0.25) is 0 Å². The smallest absolute Gasteiger partial charge is 0.407 e. The fourth-order valence-corrected chi connectivity index (χ4v) is 5.64. The molecular formula is C27H30N2O6. The van der Waals surface area contributed by atoms with Crippen molar-refractivity contribution in [3.05, 3.63) is 59.7 Å². The average molecular weight is 479 g/mol. The molecule has 8 heteroatoms. The lowest BCUT2D eigenvalue weighted by molar-refractivity contribution is -0.148. The first-order chi connectivity index (χ1) is 17.0. The summed E-state index contributed by atoms with van der Waals surface area (Å²) in [4.78, 5) is 38.9. The van der Waals surface area contributed by atoms with E-state index in [4.69, 9.17) is 9.47 Å². The number of likely N-dealkylation sites (tertiary alicyclic amines) is 1.